The molecule has 158 valence electrons. The summed E-state index contributed by atoms with van der Waals surface area (Å²) >= 11 is 0. The largest absolute Gasteiger partial charge is 0.496 e. The highest BCUT2D eigenvalue weighted by atomic mass is 16.5. The molecule has 3 rings (SSSR count). The van der Waals surface area contributed by atoms with E-state index in [0.717, 1.165) is 5.70 Å². The molecule has 0 aromatic heterocycles. The summed E-state index contributed by atoms with van der Waals surface area (Å²) in [5, 5.41) is 13.2. The number of nitrogens with zero attached hydrogens (tertiary/aromatic N) is 1. The number of rotatable bonds is 4. The van der Waals surface area contributed by atoms with E-state index in [9.17, 15) is 14.9 Å². The van der Waals surface area contributed by atoms with Crippen LogP contribution in [0.2, 0.25) is 0 Å². The number of ketones is 1. The number of carbonyl (C=O) groups excluding carboxylic acids is 2. The molecular formula is C23H26N2O5. The van der Waals surface area contributed by atoms with Gasteiger partial charge in [0.15, 0.2) is 5.78 Å². The summed E-state index contributed by atoms with van der Waals surface area (Å²) in [6.45, 7) is 5.92. The molecule has 1 unspecified atom stereocenters. The second-order valence-corrected chi connectivity index (χ2v) is 8.33. The molecule has 1 aliphatic carbocycles. The van der Waals surface area contributed by atoms with Crippen molar-refractivity contribution >= 4 is 11.8 Å². The lowest BCUT2D eigenvalue weighted by atomic mass is 9.68. The maximum atomic E-state index is 13.2. The van der Waals surface area contributed by atoms with Crippen LogP contribution in [0.3, 0.4) is 0 Å². The van der Waals surface area contributed by atoms with Gasteiger partial charge in [0.1, 0.15) is 17.1 Å². The molecule has 7 nitrogen and oxygen atoms in total. The number of methoxy groups -OCH3 is 3. The minimum Gasteiger partial charge on any atom is -0.496 e. The topological polar surface area (TPSA) is 97.7 Å². The quantitative estimate of drug-likeness (QED) is 0.757. The lowest BCUT2D eigenvalue weighted by Gasteiger charge is -2.39. The first-order valence-corrected chi connectivity index (χ1v) is 9.65. The molecule has 1 heterocycles. The normalized spacial score (nSPS) is 20.2. The Kier molecular flexibility index (Phi) is 5.62. The minimum atomic E-state index is -0.640. The summed E-state index contributed by atoms with van der Waals surface area (Å²) in [5.74, 6) is -0.512. The number of Topliss-reactive ketones (excluding diaryl/α,β-unsaturated/α-hetero) is 1. The molecule has 1 aromatic rings. The highest BCUT2D eigenvalue weighted by molar-refractivity contribution is 6.01. The van der Waals surface area contributed by atoms with E-state index in [2.05, 4.69) is 11.4 Å². The zero-order valence-corrected chi connectivity index (χ0v) is 18.1. The van der Waals surface area contributed by atoms with Crippen molar-refractivity contribution in [2.45, 2.75) is 39.5 Å². The highest BCUT2D eigenvalue weighted by Crippen LogP contribution is 2.49. The summed E-state index contributed by atoms with van der Waals surface area (Å²) in [4.78, 5) is 25.6. The Morgan fingerprint density at radius 1 is 1.17 bits per heavy atom. The SMILES string of the molecule is COC(=O)c1cc(C2C(C#N)=C(C)NC3=C2C(=O)CC(C)(C)C3)c(OC)cc1OC. The first-order valence-electron chi connectivity index (χ1n) is 9.65. The number of nitriles is 1. The molecule has 1 N–H and O–H groups in total. The van der Waals surface area contributed by atoms with Gasteiger partial charge in [0.05, 0.1) is 38.9 Å². The molecule has 0 spiro atoms. The van der Waals surface area contributed by atoms with E-state index in [0.29, 0.717) is 46.7 Å². The molecule has 0 radical (unpaired) electrons. The smallest absolute Gasteiger partial charge is 0.341 e. The fraction of sp³-hybridized carbons (Fsp3) is 0.435. The lowest BCUT2D eigenvalue weighted by molar-refractivity contribution is -0.118. The minimum absolute atomic E-state index is 0.0171. The molecule has 0 amide bonds. The van der Waals surface area contributed by atoms with E-state index < -0.39 is 11.9 Å². The number of dihydropyridines is 1. The van der Waals surface area contributed by atoms with Crippen molar-refractivity contribution in [3.05, 3.63) is 45.8 Å². The summed E-state index contributed by atoms with van der Waals surface area (Å²) in [6, 6.07) is 5.43. The fourth-order valence-corrected chi connectivity index (χ4v) is 4.31. The molecule has 0 bridgehead atoms. The van der Waals surface area contributed by atoms with Gasteiger partial charge >= 0.3 is 5.97 Å². The van der Waals surface area contributed by atoms with E-state index >= 15 is 0 Å². The average Bonchev–Trinajstić information content (AvgIpc) is 2.70. The van der Waals surface area contributed by atoms with Crippen molar-refractivity contribution in [1.82, 2.24) is 5.32 Å². The van der Waals surface area contributed by atoms with Crippen LogP contribution in [0.25, 0.3) is 0 Å². The monoisotopic (exact) mass is 410 g/mol. The molecule has 0 fully saturated rings. The maximum Gasteiger partial charge on any atom is 0.341 e. The van der Waals surface area contributed by atoms with Gasteiger partial charge in [-0.25, -0.2) is 4.79 Å². The van der Waals surface area contributed by atoms with Crippen LogP contribution in [0.5, 0.6) is 11.5 Å². The number of allylic oxidation sites excluding steroid dienone is 4. The Hall–Kier alpha value is -3.27. The zero-order chi connectivity index (χ0) is 22.2. The number of nitrogens with one attached hydrogen (secondary N) is 1. The lowest BCUT2D eigenvalue weighted by Crippen LogP contribution is -2.37. The highest BCUT2D eigenvalue weighted by Gasteiger charge is 2.42. The van der Waals surface area contributed by atoms with Crippen molar-refractivity contribution < 1.29 is 23.8 Å². The molecule has 2 aliphatic rings. The third-order valence-electron chi connectivity index (χ3n) is 5.63. The Balaban J connectivity index is 2.31. The molecule has 30 heavy (non-hydrogen) atoms. The number of esters is 1. The summed E-state index contributed by atoms with van der Waals surface area (Å²) < 4.78 is 15.8. The van der Waals surface area contributed by atoms with Crippen molar-refractivity contribution in [3.8, 4) is 17.6 Å². The fourth-order valence-electron chi connectivity index (χ4n) is 4.31. The summed E-state index contributed by atoms with van der Waals surface area (Å²) in [5.41, 5.74) is 3.04. The van der Waals surface area contributed by atoms with Crippen LogP contribution in [-0.4, -0.2) is 33.1 Å². The molecule has 1 aliphatic heterocycles. The predicted octanol–water partition coefficient (Wildman–Crippen LogP) is 3.62. The van der Waals surface area contributed by atoms with Crippen molar-refractivity contribution in [3.63, 3.8) is 0 Å². The van der Waals surface area contributed by atoms with Gasteiger partial charge in [0.25, 0.3) is 0 Å². The third kappa shape index (κ3) is 3.54. The number of benzene rings is 1. The Bertz CT molecular complexity index is 1030. The number of hydrogen-bond acceptors (Lipinski definition) is 7. The first kappa shape index (κ1) is 21.4. The van der Waals surface area contributed by atoms with Crippen LogP contribution >= 0.6 is 0 Å². The van der Waals surface area contributed by atoms with Gasteiger partial charge in [0, 0.05) is 35.0 Å². The molecule has 7 heteroatoms. The number of carbonyl (C=O) groups is 2. The van der Waals surface area contributed by atoms with Crippen LogP contribution in [0.4, 0.5) is 0 Å². The van der Waals surface area contributed by atoms with E-state index in [1.54, 1.807) is 12.1 Å². The van der Waals surface area contributed by atoms with Crippen LogP contribution in [0.15, 0.2) is 34.7 Å². The number of ether oxygens (including phenoxy) is 3. The van der Waals surface area contributed by atoms with Gasteiger partial charge in [-0.15, -0.1) is 0 Å². The molecule has 1 aromatic carbocycles. The third-order valence-corrected chi connectivity index (χ3v) is 5.63. The Labute approximate surface area is 176 Å². The predicted molar refractivity (Wildman–Crippen MR) is 110 cm³/mol. The summed E-state index contributed by atoms with van der Waals surface area (Å²) in [6.07, 6.45) is 1.06. The Morgan fingerprint density at radius 3 is 2.40 bits per heavy atom. The van der Waals surface area contributed by atoms with Crippen LogP contribution < -0.4 is 14.8 Å². The van der Waals surface area contributed by atoms with Gasteiger partial charge in [0.2, 0.25) is 0 Å². The van der Waals surface area contributed by atoms with Gasteiger partial charge < -0.3 is 19.5 Å². The molecule has 0 saturated heterocycles. The van der Waals surface area contributed by atoms with Crippen molar-refractivity contribution in [1.29, 1.82) is 5.26 Å². The zero-order valence-electron chi connectivity index (χ0n) is 18.1. The van der Waals surface area contributed by atoms with Crippen LogP contribution in [-0.2, 0) is 9.53 Å². The van der Waals surface area contributed by atoms with Gasteiger partial charge in [-0.1, -0.05) is 13.8 Å². The van der Waals surface area contributed by atoms with E-state index in [1.165, 1.54) is 21.3 Å². The average molecular weight is 410 g/mol. The van der Waals surface area contributed by atoms with Crippen molar-refractivity contribution in [2.75, 3.05) is 21.3 Å². The molecule has 1 atom stereocenters. The van der Waals surface area contributed by atoms with Gasteiger partial charge in [-0.05, 0) is 24.8 Å². The molecular weight excluding hydrogens is 384 g/mol. The second kappa shape index (κ2) is 7.86. The van der Waals surface area contributed by atoms with E-state index in [-0.39, 0.29) is 16.8 Å². The van der Waals surface area contributed by atoms with E-state index in [4.69, 9.17) is 14.2 Å². The van der Waals surface area contributed by atoms with Crippen LogP contribution in [0, 0.1) is 16.7 Å². The van der Waals surface area contributed by atoms with Crippen molar-refractivity contribution in [2.24, 2.45) is 5.41 Å². The standard InChI is InChI=1S/C23H26N2O5/c1-12-15(11-24)20(21-16(25-12)9-23(2,3)10-17(21)26)13-7-14(22(27)30-6)19(29-5)8-18(13)28-4/h7-8,20,25H,9-10H2,1-6H3. The molecule has 0 saturated carbocycles. The van der Waals surface area contributed by atoms with Crippen LogP contribution in [0.1, 0.15) is 55.5 Å². The maximum absolute atomic E-state index is 13.2. The van der Waals surface area contributed by atoms with E-state index in [1.807, 2.05) is 20.8 Å². The number of hydrogen-bond donors (Lipinski definition) is 1. The second-order valence-electron chi connectivity index (χ2n) is 8.33. The summed E-state index contributed by atoms with van der Waals surface area (Å²) in [7, 11) is 4.23. The first-order chi connectivity index (χ1) is 14.2. The van der Waals surface area contributed by atoms with Gasteiger partial charge in [-0.3, -0.25) is 4.79 Å². The van der Waals surface area contributed by atoms with Gasteiger partial charge in [-0.2, -0.15) is 5.26 Å². The Morgan fingerprint density at radius 2 is 1.83 bits per heavy atom.